The van der Waals surface area contributed by atoms with Gasteiger partial charge < -0.3 is 10.1 Å². The molecule has 0 saturated heterocycles. The van der Waals surface area contributed by atoms with Crippen LogP contribution in [0.3, 0.4) is 0 Å². The molecule has 0 aromatic heterocycles. The number of rotatable bonds is 13. The molecule has 3 rings (SSSR count). The first-order chi connectivity index (χ1) is 17.6. The lowest BCUT2D eigenvalue weighted by Gasteiger charge is -2.11. The molecule has 0 bridgehead atoms. The zero-order chi connectivity index (χ0) is 25.6. The van der Waals surface area contributed by atoms with Crippen LogP contribution in [0.5, 0.6) is 5.75 Å². The molecule has 188 valence electrons. The van der Waals surface area contributed by atoms with Gasteiger partial charge in [0.1, 0.15) is 5.75 Å². The van der Waals surface area contributed by atoms with E-state index in [0.29, 0.717) is 16.8 Å². The fraction of sp³-hybridized carbons (Fsp3) is 0.300. The lowest BCUT2D eigenvalue weighted by atomic mass is 10.1. The number of carbonyl (C=O) groups is 2. The van der Waals surface area contributed by atoms with E-state index < -0.39 is 5.91 Å². The van der Waals surface area contributed by atoms with Gasteiger partial charge in [0, 0.05) is 5.56 Å². The number of nitrogens with zero attached hydrogens (tertiary/aromatic N) is 1. The fourth-order valence-corrected chi connectivity index (χ4v) is 3.76. The number of amides is 2. The largest absolute Gasteiger partial charge is 0.494 e. The predicted molar refractivity (Wildman–Crippen MR) is 146 cm³/mol. The highest BCUT2D eigenvalue weighted by atomic mass is 16.5. The molecule has 0 spiro atoms. The Balaban J connectivity index is 1.50. The number of unbranched alkanes of at least 4 members (excludes halogenated alkanes) is 5. The van der Waals surface area contributed by atoms with Crippen LogP contribution in [0.2, 0.25) is 0 Å². The van der Waals surface area contributed by atoms with E-state index in [1.165, 1.54) is 32.1 Å². The van der Waals surface area contributed by atoms with Gasteiger partial charge in [0.25, 0.3) is 11.8 Å². The Kier molecular flexibility index (Phi) is 10.7. The van der Waals surface area contributed by atoms with Crippen LogP contribution in [0.15, 0.2) is 77.9 Å². The minimum Gasteiger partial charge on any atom is -0.494 e. The normalized spacial score (nSPS) is 10.8. The summed E-state index contributed by atoms with van der Waals surface area (Å²) >= 11 is 0. The lowest BCUT2D eigenvalue weighted by molar-refractivity contribution is 0.0956. The molecular formula is C30H35N3O3. The molecule has 36 heavy (non-hydrogen) atoms. The molecule has 0 aliphatic carbocycles. The van der Waals surface area contributed by atoms with Gasteiger partial charge in [-0.15, -0.1) is 0 Å². The van der Waals surface area contributed by atoms with E-state index >= 15 is 0 Å². The van der Waals surface area contributed by atoms with E-state index in [1.807, 2.05) is 49.4 Å². The molecule has 0 aliphatic rings. The van der Waals surface area contributed by atoms with Crippen LogP contribution in [0.4, 0.5) is 5.69 Å². The summed E-state index contributed by atoms with van der Waals surface area (Å²) in [5.74, 6) is 0.143. The monoisotopic (exact) mass is 485 g/mol. The Morgan fingerprint density at radius 3 is 2.22 bits per heavy atom. The van der Waals surface area contributed by atoms with Gasteiger partial charge in [-0.2, -0.15) is 5.10 Å². The average Bonchev–Trinajstić information content (AvgIpc) is 2.89. The Labute approximate surface area is 213 Å². The lowest BCUT2D eigenvalue weighted by Crippen LogP contribution is -2.21. The van der Waals surface area contributed by atoms with Crippen LogP contribution in [-0.2, 0) is 0 Å². The molecule has 6 heteroatoms. The number of anilines is 1. The summed E-state index contributed by atoms with van der Waals surface area (Å²) in [5.41, 5.74) is 5.55. The van der Waals surface area contributed by atoms with Crippen molar-refractivity contribution in [1.29, 1.82) is 0 Å². The SMILES string of the molecule is CCCCCCCCOc1ccc(/C=N\NC(=O)c2ccccc2NC(=O)c2ccccc2C)cc1. The van der Waals surface area contributed by atoms with E-state index in [2.05, 4.69) is 22.8 Å². The second kappa shape index (κ2) is 14.5. The van der Waals surface area contributed by atoms with Crippen molar-refractivity contribution in [1.82, 2.24) is 5.43 Å². The maximum Gasteiger partial charge on any atom is 0.273 e. The van der Waals surface area contributed by atoms with Crippen LogP contribution in [0, 0.1) is 6.92 Å². The van der Waals surface area contributed by atoms with Crippen LogP contribution >= 0.6 is 0 Å². The van der Waals surface area contributed by atoms with Crippen molar-refractivity contribution in [3.63, 3.8) is 0 Å². The van der Waals surface area contributed by atoms with Gasteiger partial charge in [-0.1, -0.05) is 69.4 Å². The third kappa shape index (κ3) is 8.38. The summed E-state index contributed by atoms with van der Waals surface area (Å²) < 4.78 is 5.80. The first-order valence-corrected chi connectivity index (χ1v) is 12.6. The molecule has 0 fully saturated rings. The fourth-order valence-electron chi connectivity index (χ4n) is 3.76. The van der Waals surface area contributed by atoms with Crippen molar-refractivity contribution < 1.29 is 14.3 Å². The van der Waals surface area contributed by atoms with Crippen molar-refractivity contribution in [2.24, 2.45) is 5.10 Å². The highest BCUT2D eigenvalue weighted by Crippen LogP contribution is 2.18. The summed E-state index contributed by atoms with van der Waals surface area (Å²) in [6, 6.07) is 21.7. The summed E-state index contributed by atoms with van der Waals surface area (Å²) in [4.78, 5) is 25.4. The van der Waals surface area contributed by atoms with Crippen LogP contribution in [0.25, 0.3) is 0 Å². The quantitative estimate of drug-likeness (QED) is 0.160. The van der Waals surface area contributed by atoms with Crippen molar-refractivity contribution in [3.05, 3.63) is 95.1 Å². The van der Waals surface area contributed by atoms with Gasteiger partial charge in [0.05, 0.1) is 24.1 Å². The second-order valence-corrected chi connectivity index (χ2v) is 8.70. The molecule has 0 unspecified atom stereocenters. The molecule has 0 radical (unpaired) electrons. The topological polar surface area (TPSA) is 79.8 Å². The minimum atomic E-state index is -0.411. The molecule has 3 aromatic carbocycles. The molecule has 3 aromatic rings. The average molecular weight is 486 g/mol. The van der Waals surface area contributed by atoms with Crippen LogP contribution < -0.4 is 15.5 Å². The highest BCUT2D eigenvalue weighted by molar-refractivity contribution is 6.09. The van der Waals surface area contributed by atoms with Gasteiger partial charge in [-0.05, 0) is 66.9 Å². The highest BCUT2D eigenvalue weighted by Gasteiger charge is 2.14. The number of para-hydroxylation sites is 1. The molecule has 0 heterocycles. The first-order valence-electron chi connectivity index (χ1n) is 12.6. The van der Waals surface area contributed by atoms with E-state index in [-0.39, 0.29) is 5.91 Å². The molecule has 6 nitrogen and oxygen atoms in total. The maximum absolute atomic E-state index is 12.7. The standard InChI is InChI=1S/C30H35N3O3/c1-3-4-5-6-7-12-21-36-25-19-17-24(18-20-25)22-31-33-30(35)27-15-10-11-16-28(27)32-29(34)26-14-9-8-13-23(26)2/h8-11,13-20,22H,3-7,12,21H2,1-2H3,(H,32,34)(H,33,35)/b31-22-. The molecule has 2 amide bonds. The number of nitrogens with one attached hydrogen (secondary N) is 2. The van der Waals surface area contributed by atoms with E-state index in [0.717, 1.165) is 29.9 Å². The molecule has 0 aliphatic heterocycles. The zero-order valence-electron chi connectivity index (χ0n) is 21.1. The van der Waals surface area contributed by atoms with Gasteiger partial charge >= 0.3 is 0 Å². The van der Waals surface area contributed by atoms with Gasteiger partial charge in [-0.3, -0.25) is 9.59 Å². The van der Waals surface area contributed by atoms with Crippen LogP contribution in [-0.4, -0.2) is 24.6 Å². The molecule has 0 saturated carbocycles. The van der Waals surface area contributed by atoms with Crippen molar-refractivity contribution in [2.75, 3.05) is 11.9 Å². The first kappa shape index (κ1) is 26.7. The van der Waals surface area contributed by atoms with Crippen LogP contribution in [0.1, 0.15) is 77.3 Å². The summed E-state index contributed by atoms with van der Waals surface area (Å²) in [6.45, 7) is 4.81. The number of hydrazone groups is 1. The number of aryl methyl sites for hydroxylation is 1. The number of ether oxygens (including phenoxy) is 1. The van der Waals surface area contributed by atoms with E-state index in [1.54, 1.807) is 36.5 Å². The minimum absolute atomic E-state index is 0.268. The zero-order valence-corrected chi connectivity index (χ0v) is 21.1. The number of carbonyl (C=O) groups excluding carboxylic acids is 2. The van der Waals surface area contributed by atoms with Gasteiger partial charge in [0.2, 0.25) is 0 Å². The Hall–Kier alpha value is -3.93. The number of hydrogen-bond acceptors (Lipinski definition) is 4. The number of benzene rings is 3. The molecular weight excluding hydrogens is 450 g/mol. The van der Waals surface area contributed by atoms with Crippen molar-refractivity contribution in [3.8, 4) is 5.75 Å². The Morgan fingerprint density at radius 2 is 1.47 bits per heavy atom. The van der Waals surface area contributed by atoms with E-state index in [9.17, 15) is 9.59 Å². The van der Waals surface area contributed by atoms with Gasteiger partial charge in [0.15, 0.2) is 0 Å². The summed E-state index contributed by atoms with van der Waals surface area (Å²) in [5, 5.41) is 6.90. The molecule has 0 atom stereocenters. The maximum atomic E-state index is 12.7. The third-order valence-corrected chi connectivity index (χ3v) is 5.84. The second-order valence-electron chi connectivity index (χ2n) is 8.70. The van der Waals surface area contributed by atoms with Crippen molar-refractivity contribution in [2.45, 2.75) is 52.4 Å². The Bertz CT molecular complexity index is 1160. The van der Waals surface area contributed by atoms with Crippen molar-refractivity contribution >= 4 is 23.7 Å². The predicted octanol–water partition coefficient (Wildman–Crippen LogP) is 6.75. The third-order valence-electron chi connectivity index (χ3n) is 5.84. The summed E-state index contributed by atoms with van der Waals surface area (Å²) in [7, 11) is 0. The smallest absolute Gasteiger partial charge is 0.273 e. The van der Waals surface area contributed by atoms with Gasteiger partial charge in [-0.25, -0.2) is 5.43 Å². The molecule has 2 N–H and O–H groups in total. The van der Waals surface area contributed by atoms with E-state index in [4.69, 9.17) is 4.74 Å². The Morgan fingerprint density at radius 1 is 0.806 bits per heavy atom. The number of hydrogen-bond donors (Lipinski definition) is 2. The summed E-state index contributed by atoms with van der Waals surface area (Å²) in [6.07, 6.45) is 8.96.